The number of aryl methyl sites for hydroxylation is 1. The van der Waals surface area contributed by atoms with E-state index in [9.17, 15) is 0 Å². The van der Waals surface area contributed by atoms with E-state index in [-0.39, 0.29) is 0 Å². The maximum atomic E-state index is 5.54. The SMILES string of the molecule is Cc1cccc(/C=N/Nc2cc(N3CCOCC3)n3nc(N4CCOCC4)cc3n2)c1. The summed E-state index contributed by atoms with van der Waals surface area (Å²) >= 11 is 0. The average Bonchev–Trinajstić information content (AvgIpc) is 3.24. The van der Waals surface area contributed by atoms with Crippen molar-refractivity contribution >= 4 is 29.3 Å². The molecule has 2 aliphatic rings. The van der Waals surface area contributed by atoms with Crippen LogP contribution in [0, 0.1) is 6.92 Å². The van der Waals surface area contributed by atoms with Crippen molar-refractivity contribution in [3.63, 3.8) is 0 Å². The molecule has 2 aliphatic heterocycles. The maximum absolute atomic E-state index is 5.54. The molecule has 9 heteroatoms. The van der Waals surface area contributed by atoms with Crippen molar-refractivity contribution in [3.05, 3.63) is 47.5 Å². The van der Waals surface area contributed by atoms with Gasteiger partial charge in [0.15, 0.2) is 17.3 Å². The van der Waals surface area contributed by atoms with E-state index in [2.05, 4.69) is 39.4 Å². The molecule has 2 aromatic heterocycles. The molecule has 162 valence electrons. The first kappa shape index (κ1) is 19.8. The van der Waals surface area contributed by atoms with Gasteiger partial charge in [-0.05, 0) is 12.5 Å². The lowest BCUT2D eigenvalue weighted by Crippen LogP contribution is -2.38. The van der Waals surface area contributed by atoms with E-state index in [1.54, 1.807) is 0 Å². The Morgan fingerprint density at radius 1 is 0.968 bits per heavy atom. The van der Waals surface area contributed by atoms with Gasteiger partial charge in [0.2, 0.25) is 0 Å². The van der Waals surface area contributed by atoms with Gasteiger partial charge in [0.25, 0.3) is 0 Å². The number of hydrazone groups is 1. The third-order valence-corrected chi connectivity index (χ3v) is 5.50. The standard InChI is InChI=1S/C22H27N7O2/c1-17-3-2-4-18(13-17)16-23-25-19-14-22(28-7-11-31-12-8-28)29-20(24-19)15-21(26-29)27-5-9-30-10-6-27/h2-4,13-16H,5-12H2,1H3,(H,24,25)/b23-16+. The normalized spacial score (nSPS) is 17.6. The Morgan fingerprint density at radius 2 is 1.71 bits per heavy atom. The second kappa shape index (κ2) is 8.91. The molecule has 0 spiro atoms. The molecule has 1 aromatic carbocycles. The maximum Gasteiger partial charge on any atom is 0.162 e. The minimum Gasteiger partial charge on any atom is -0.378 e. The topological polar surface area (TPSA) is 79.5 Å². The fraction of sp³-hybridized carbons (Fsp3) is 0.409. The number of benzene rings is 1. The van der Waals surface area contributed by atoms with E-state index in [1.165, 1.54) is 5.56 Å². The fourth-order valence-corrected chi connectivity index (χ4v) is 3.89. The van der Waals surface area contributed by atoms with Crippen molar-refractivity contribution in [1.29, 1.82) is 0 Å². The van der Waals surface area contributed by atoms with Gasteiger partial charge in [-0.25, -0.2) is 4.98 Å². The largest absolute Gasteiger partial charge is 0.378 e. The van der Waals surface area contributed by atoms with Crippen LogP contribution in [-0.2, 0) is 9.47 Å². The van der Waals surface area contributed by atoms with Crippen LogP contribution in [0.15, 0.2) is 41.5 Å². The highest BCUT2D eigenvalue weighted by atomic mass is 16.5. The van der Waals surface area contributed by atoms with Crippen LogP contribution >= 0.6 is 0 Å². The third kappa shape index (κ3) is 4.47. The van der Waals surface area contributed by atoms with Crippen LogP contribution in [0.2, 0.25) is 0 Å². The molecule has 3 aromatic rings. The molecule has 31 heavy (non-hydrogen) atoms. The number of nitrogens with zero attached hydrogens (tertiary/aromatic N) is 6. The Bertz CT molecular complexity index is 1070. The number of rotatable bonds is 5. The monoisotopic (exact) mass is 421 g/mol. The molecule has 9 nitrogen and oxygen atoms in total. The number of anilines is 3. The summed E-state index contributed by atoms with van der Waals surface area (Å²) in [6.45, 7) is 8.23. The van der Waals surface area contributed by atoms with Gasteiger partial charge in [0.05, 0.1) is 32.6 Å². The number of hydrogen-bond acceptors (Lipinski definition) is 8. The van der Waals surface area contributed by atoms with Crippen molar-refractivity contribution in [2.45, 2.75) is 6.92 Å². The van der Waals surface area contributed by atoms with E-state index in [4.69, 9.17) is 19.6 Å². The van der Waals surface area contributed by atoms with Gasteiger partial charge < -0.3 is 19.3 Å². The minimum absolute atomic E-state index is 0.686. The zero-order valence-corrected chi connectivity index (χ0v) is 17.7. The average molecular weight is 422 g/mol. The van der Waals surface area contributed by atoms with Crippen molar-refractivity contribution < 1.29 is 9.47 Å². The zero-order valence-electron chi connectivity index (χ0n) is 17.7. The number of morpholine rings is 2. The number of fused-ring (bicyclic) bond motifs is 1. The molecule has 0 bridgehead atoms. The highest BCUT2D eigenvalue weighted by Gasteiger charge is 2.20. The van der Waals surface area contributed by atoms with Gasteiger partial charge in [0, 0.05) is 38.3 Å². The molecule has 2 saturated heterocycles. The summed E-state index contributed by atoms with van der Waals surface area (Å²) in [7, 11) is 0. The lowest BCUT2D eigenvalue weighted by atomic mass is 10.2. The molecule has 2 fully saturated rings. The van der Waals surface area contributed by atoms with E-state index in [1.807, 2.05) is 35.0 Å². The number of aromatic nitrogens is 3. The molecule has 1 N–H and O–H groups in total. The molecular weight excluding hydrogens is 394 g/mol. The van der Waals surface area contributed by atoms with Crippen LogP contribution in [0.4, 0.5) is 17.5 Å². The summed E-state index contributed by atoms with van der Waals surface area (Å²) < 4.78 is 12.9. The van der Waals surface area contributed by atoms with Crippen molar-refractivity contribution in [3.8, 4) is 0 Å². The van der Waals surface area contributed by atoms with Crippen LogP contribution in [0.1, 0.15) is 11.1 Å². The number of ether oxygens (including phenoxy) is 2. The lowest BCUT2D eigenvalue weighted by molar-refractivity contribution is 0.122. The predicted octanol–water partition coefficient (Wildman–Crippen LogP) is 2.16. The first-order chi connectivity index (χ1) is 15.3. The Balaban J connectivity index is 1.46. The van der Waals surface area contributed by atoms with Crippen molar-refractivity contribution in [2.75, 3.05) is 67.8 Å². The van der Waals surface area contributed by atoms with Gasteiger partial charge in [-0.15, -0.1) is 5.10 Å². The highest BCUT2D eigenvalue weighted by Crippen LogP contribution is 2.25. The summed E-state index contributed by atoms with van der Waals surface area (Å²) in [6.07, 6.45) is 1.81. The molecule has 0 amide bonds. The molecule has 5 rings (SSSR count). The van der Waals surface area contributed by atoms with Gasteiger partial charge in [0.1, 0.15) is 5.82 Å². The van der Waals surface area contributed by atoms with E-state index in [0.29, 0.717) is 19.0 Å². The van der Waals surface area contributed by atoms with Gasteiger partial charge in [-0.1, -0.05) is 29.8 Å². The van der Waals surface area contributed by atoms with Crippen LogP contribution in [0.5, 0.6) is 0 Å². The molecule has 4 heterocycles. The van der Waals surface area contributed by atoms with Crippen molar-refractivity contribution in [1.82, 2.24) is 14.6 Å². The van der Waals surface area contributed by atoms with E-state index >= 15 is 0 Å². The fourth-order valence-electron chi connectivity index (χ4n) is 3.89. The summed E-state index contributed by atoms with van der Waals surface area (Å²) in [4.78, 5) is 9.28. The highest BCUT2D eigenvalue weighted by molar-refractivity contribution is 5.80. The summed E-state index contributed by atoms with van der Waals surface area (Å²) in [6, 6.07) is 12.2. The van der Waals surface area contributed by atoms with Crippen LogP contribution < -0.4 is 15.2 Å². The molecule has 0 atom stereocenters. The minimum atomic E-state index is 0.686. The predicted molar refractivity (Wildman–Crippen MR) is 121 cm³/mol. The Morgan fingerprint density at radius 3 is 2.45 bits per heavy atom. The van der Waals surface area contributed by atoms with Gasteiger partial charge in [-0.2, -0.15) is 9.62 Å². The van der Waals surface area contributed by atoms with Crippen LogP contribution in [0.3, 0.4) is 0 Å². The second-order valence-electron chi connectivity index (χ2n) is 7.76. The molecule has 0 unspecified atom stereocenters. The Labute approximate surface area is 181 Å². The Hall–Kier alpha value is -3.17. The second-order valence-corrected chi connectivity index (χ2v) is 7.76. The van der Waals surface area contributed by atoms with Crippen molar-refractivity contribution in [2.24, 2.45) is 5.10 Å². The summed E-state index contributed by atoms with van der Waals surface area (Å²) in [5.41, 5.74) is 6.13. The first-order valence-corrected chi connectivity index (χ1v) is 10.7. The molecular formula is C22H27N7O2. The molecule has 0 radical (unpaired) electrons. The van der Waals surface area contributed by atoms with Crippen LogP contribution in [0.25, 0.3) is 5.65 Å². The summed E-state index contributed by atoms with van der Waals surface area (Å²) in [5, 5.41) is 9.27. The molecule has 0 aliphatic carbocycles. The smallest absolute Gasteiger partial charge is 0.162 e. The quantitative estimate of drug-likeness (QED) is 0.500. The first-order valence-electron chi connectivity index (χ1n) is 10.7. The van der Waals surface area contributed by atoms with Gasteiger partial charge in [-0.3, -0.25) is 5.43 Å². The van der Waals surface area contributed by atoms with E-state index in [0.717, 1.165) is 62.2 Å². The summed E-state index contributed by atoms with van der Waals surface area (Å²) in [5.74, 6) is 2.60. The van der Waals surface area contributed by atoms with E-state index < -0.39 is 0 Å². The van der Waals surface area contributed by atoms with Crippen LogP contribution in [-0.4, -0.2) is 73.4 Å². The zero-order chi connectivity index (χ0) is 21.0. The van der Waals surface area contributed by atoms with Gasteiger partial charge >= 0.3 is 0 Å². The number of nitrogens with one attached hydrogen (secondary N) is 1. The third-order valence-electron chi connectivity index (χ3n) is 5.50. The Kier molecular flexibility index (Phi) is 5.68. The number of hydrogen-bond donors (Lipinski definition) is 1. The molecule has 0 saturated carbocycles. The lowest BCUT2D eigenvalue weighted by Gasteiger charge is -2.29.